The molecule has 2 aromatic carbocycles. The van der Waals surface area contributed by atoms with E-state index in [1.165, 1.54) is 12.3 Å². The molecule has 196 valence electrons. The first-order valence-corrected chi connectivity index (χ1v) is 11.6. The third kappa shape index (κ3) is 5.31. The summed E-state index contributed by atoms with van der Waals surface area (Å²) in [6.45, 7) is 0.695. The lowest BCUT2D eigenvalue weighted by Gasteiger charge is -2.22. The van der Waals surface area contributed by atoms with E-state index in [0.29, 0.717) is 37.2 Å². The number of benzene rings is 2. The highest BCUT2D eigenvalue weighted by atomic mass is 19.4. The van der Waals surface area contributed by atoms with Crippen LogP contribution in [0.3, 0.4) is 0 Å². The van der Waals surface area contributed by atoms with Crippen molar-refractivity contribution in [1.82, 2.24) is 14.5 Å². The van der Waals surface area contributed by atoms with Crippen molar-refractivity contribution in [2.24, 2.45) is 0 Å². The molecule has 0 atom stereocenters. The fraction of sp³-hybridized carbons (Fsp3) is 0.222. The first-order valence-electron chi connectivity index (χ1n) is 11.6. The Labute approximate surface area is 214 Å². The standard InChI is InChI=1S/C27H21F4N3O4/c1-36-18-4-6-21-16(12-18)8-10-34-24(21)14-25(33-26(34)35)37-11-9-17-2-3-20(15-32-17)38-19-5-7-23(28)22(13-19)27(29,30)31/h2-7,12-15H,8-11H2,1H3. The van der Waals surface area contributed by atoms with E-state index in [4.69, 9.17) is 14.2 Å². The lowest BCUT2D eigenvalue weighted by Crippen LogP contribution is -2.28. The Bertz CT molecular complexity index is 1540. The summed E-state index contributed by atoms with van der Waals surface area (Å²) >= 11 is 0. The number of fused-ring (bicyclic) bond motifs is 3. The maximum absolute atomic E-state index is 13.5. The molecule has 0 spiro atoms. The van der Waals surface area contributed by atoms with Gasteiger partial charge in [-0.05, 0) is 60.5 Å². The molecule has 0 aliphatic carbocycles. The van der Waals surface area contributed by atoms with Gasteiger partial charge in [0.05, 0.1) is 31.2 Å². The third-order valence-corrected chi connectivity index (χ3v) is 6.07. The average molecular weight is 527 g/mol. The van der Waals surface area contributed by atoms with Gasteiger partial charge in [-0.15, -0.1) is 0 Å². The maximum atomic E-state index is 13.5. The monoisotopic (exact) mass is 527 g/mol. The first-order chi connectivity index (χ1) is 18.2. The van der Waals surface area contributed by atoms with E-state index in [1.807, 2.05) is 18.2 Å². The number of hydrogen-bond acceptors (Lipinski definition) is 6. The van der Waals surface area contributed by atoms with Gasteiger partial charge in [-0.1, -0.05) is 0 Å². The molecule has 0 bridgehead atoms. The predicted octanol–water partition coefficient (Wildman–Crippen LogP) is 5.44. The summed E-state index contributed by atoms with van der Waals surface area (Å²) < 4.78 is 70.2. The Morgan fingerprint density at radius 2 is 1.79 bits per heavy atom. The van der Waals surface area contributed by atoms with E-state index in [-0.39, 0.29) is 24.0 Å². The lowest BCUT2D eigenvalue weighted by molar-refractivity contribution is -0.140. The minimum absolute atomic E-state index is 0.165. The second-order valence-corrected chi connectivity index (χ2v) is 8.51. The predicted molar refractivity (Wildman–Crippen MR) is 129 cm³/mol. The van der Waals surface area contributed by atoms with Gasteiger partial charge in [0.1, 0.15) is 23.1 Å². The van der Waals surface area contributed by atoms with Gasteiger partial charge >= 0.3 is 11.9 Å². The summed E-state index contributed by atoms with van der Waals surface area (Å²) in [6, 6.07) is 13.0. The van der Waals surface area contributed by atoms with Crippen molar-refractivity contribution in [2.75, 3.05) is 13.7 Å². The molecule has 4 aromatic rings. The van der Waals surface area contributed by atoms with E-state index in [0.717, 1.165) is 28.6 Å². The largest absolute Gasteiger partial charge is 0.497 e. The number of ether oxygens (including phenoxy) is 3. The zero-order valence-electron chi connectivity index (χ0n) is 20.1. The Balaban J connectivity index is 1.23. The number of aromatic nitrogens is 3. The molecule has 11 heteroatoms. The molecule has 1 aliphatic heterocycles. The van der Waals surface area contributed by atoms with Crippen molar-refractivity contribution in [2.45, 2.75) is 25.6 Å². The Morgan fingerprint density at radius 3 is 2.53 bits per heavy atom. The number of aryl methyl sites for hydroxylation is 1. The van der Waals surface area contributed by atoms with Gasteiger partial charge in [-0.2, -0.15) is 18.2 Å². The fourth-order valence-electron chi connectivity index (χ4n) is 4.18. The molecule has 0 fully saturated rings. The maximum Gasteiger partial charge on any atom is 0.419 e. The van der Waals surface area contributed by atoms with Gasteiger partial charge in [0.25, 0.3) is 0 Å². The molecule has 0 amide bonds. The molecule has 5 rings (SSSR count). The van der Waals surface area contributed by atoms with Crippen LogP contribution in [-0.4, -0.2) is 28.3 Å². The number of halogens is 4. The molecule has 1 aliphatic rings. The summed E-state index contributed by atoms with van der Waals surface area (Å²) in [7, 11) is 1.60. The van der Waals surface area contributed by atoms with E-state index >= 15 is 0 Å². The molecule has 2 aromatic heterocycles. The Hall–Kier alpha value is -4.41. The highest BCUT2D eigenvalue weighted by molar-refractivity contribution is 5.67. The zero-order chi connectivity index (χ0) is 26.9. The summed E-state index contributed by atoms with van der Waals surface area (Å²) in [5.74, 6) is -0.409. The fourth-order valence-corrected chi connectivity index (χ4v) is 4.18. The van der Waals surface area contributed by atoms with Gasteiger partial charge in [0, 0.05) is 30.3 Å². The van der Waals surface area contributed by atoms with Crippen molar-refractivity contribution < 1.29 is 31.8 Å². The zero-order valence-corrected chi connectivity index (χ0v) is 20.1. The minimum atomic E-state index is -4.83. The van der Waals surface area contributed by atoms with E-state index in [9.17, 15) is 22.4 Å². The van der Waals surface area contributed by atoms with Crippen LogP contribution in [-0.2, 0) is 25.6 Å². The van der Waals surface area contributed by atoms with Gasteiger partial charge in [0.2, 0.25) is 5.88 Å². The Kier molecular flexibility index (Phi) is 6.75. The van der Waals surface area contributed by atoms with E-state index < -0.39 is 23.2 Å². The van der Waals surface area contributed by atoms with Crippen LogP contribution in [0.4, 0.5) is 17.6 Å². The molecular formula is C27H21F4N3O4. The second kappa shape index (κ2) is 10.2. The molecule has 38 heavy (non-hydrogen) atoms. The Morgan fingerprint density at radius 1 is 1.00 bits per heavy atom. The number of hydrogen-bond donors (Lipinski definition) is 0. The molecule has 3 heterocycles. The summed E-state index contributed by atoms with van der Waals surface area (Å²) in [5.41, 5.74) is 1.53. The average Bonchev–Trinajstić information content (AvgIpc) is 2.89. The molecule has 0 unspecified atom stereocenters. The number of rotatable bonds is 7. The number of nitrogens with zero attached hydrogens (tertiary/aromatic N) is 3. The highest BCUT2D eigenvalue weighted by Crippen LogP contribution is 2.35. The molecular weight excluding hydrogens is 506 g/mol. The summed E-state index contributed by atoms with van der Waals surface area (Å²) in [4.78, 5) is 20.8. The number of pyridine rings is 1. The topological polar surface area (TPSA) is 75.5 Å². The SMILES string of the molecule is COc1ccc2c(c1)CCn1c-2cc(OCCc2ccc(Oc3ccc(F)c(C(F)(F)F)c3)cn2)nc1=O. The summed E-state index contributed by atoms with van der Waals surface area (Å²) in [6.07, 6.45) is -2.41. The molecule has 0 N–H and O–H groups in total. The summed E-state index contributed by atoms with van der Waals surface area (Å²) in [5, 5.41) is 0. The first kappa shape index (κ1) is 25.2. The van der Waals surface area contributed by atoms with Crippen LogP contribution < -0.4 is 19.9 Å². The molecule has 7 nitrogen and oxygen atoms in total. The van der Waals surface area contributed by atoms with Crippen molar-refractivity contribution >= 4 is 0 Å². The van der Waals surface area contributed by atoms with E-state index in [1.54, 1.807) is 23.8 Å². The minimum Gasteiger partial charge on any atom is -0.497 e. The third-order valence-electron chi connectivity index (χ3n) is 6.07. The van der Waals surface area contributed by atoms with Crippen LogP contribution in [0.2, 0.25) is 0 Å². The van der Waals surface area contributed by atoms with Crippen molar-refractivity contribution in [3.63, 3.8) is 0 Å². The van der Waals surface area contributed by atoms with Crippen molar-refractivity contribution in [3.8, 4) is 34.4 Å². The molecule has 0 radical (unpaired) electrons. The van der Waals surface area contributed by atoms with Gasteiger partial charge in [-0.25, -0.2) is 9.18 Å². The normalized spacial score (nSPS) is 12.4. The van der Waals surface area contributed by atoms with Gasteiger partial charge in [0.15, 0.2) is 0 Å². The molecule has 0 saturated carbocycles. The van der Waals surface area contributed by atoms with Crippen LogP contribution in [0.25, 0.3) is 11.3 Å². The van der Waals surface area contributed by atoms with Gasteiger partial charge in [-0.3, -0.25) is 9.55 Å². The van der Waals surface area contributed by atoms with Crippen LogP contribution >= 0.6 is 0 Å². The lowest BCUT2D eigenvalue weighted by atomic mass is 9.97. The van der Waals surface area contributed by atoms with Crippen LogP contribution in [0.5, 0.6) is 23.1 Å². The van der Waals surface area contributed by atoms with Gasteiger partial charge < -0.3 is 14.2 Å². The van der Waals surface area contributed by atoms with E-state index in [2.05, 4.69) is 9.97 Å². The van der Waals surface area contributed by atoms with Crippen molar-refractivity contribution in [1.29, 1.82) is 0 Å². The van der Waals surface area contributed by atoms with Crippen LogP contribution in [0.15, 0.2) is 65.6 Å². The second-order valence-electron chi connectivity index (χ2n) is 8.51. The van der Waals surface area contributed by atoms with Crippen molar-refractivity contribution in [3.05, 3.63) is 93.9 Å². The smallest absolute Gasteiger partial charge is 0.419 e. The van der Waals surface area contributed by atoms with Crippen LogP contribution in [0.1, 0.15) is 16.8 Å². The van der Waals surface area contributed by atoms with Crippen LogP contribution in [0, 0.1) is 5.82 Å². The number of alkyl halides is 3. The highest BCUT2D eigenvalue weighted by Gasteiger charge is 2.34. The number of methoxy groups -OCH3 is 1. The molecule has 0 saturated heterocycles. The quantitative estimate of drug-likeness (QED) is 0.298.